The van der Waals surface area contributed by atoms with Crippen molar-refractivity contribution < 1.29 is 9.26 Å². The van der Waals surface area contributed by atoms with E-state index in [9.17, 15) is 0 Å². The minimum atomic E-state index is 0.209. The van der Waals surface area contributed by atoms with Gasteiger partial charge in [0.2, 0.25) is 11.7 Å². The van der Waals surface area contributed by atoms with Crippen LogP contribution >= 0.6 is 15.9 Å². The van der Waals surface area contributed by atoms with Gasteiger partial charge in [0.25, 0.3) is 0 Å². The molecule has 1 aromatic carbocycles. The van der Waals surface area contributed by atoms with Gasteiger partial charge in [-0.25, -0.2) is 0 Å². The number of hydrogen-bond acceptors (Lipinski definition) is 5. The predicted octanol–water partition coefficient (Wildman–Crippen LogP) is 3.57. The van der Waals surface area contributed by atoms with Gasteiger partial charge in [-0.15, -0.1) is 0 Å². The smallest absolute Gasteiger partial charge is 0.229 e. The van der Waals surface area contributed by atoms with Gasteiger partial charge < -0.3 is 14.6 Å². The number of halogens is 1. The second-order valence-electron chi connectivity index (χ2n) is 5.30. The number of benzene rings is 1. The maximum absolute atomic E-state index is 5.89. The molecule has 3 rings (SSSR count). The second kappa shape index (κ2) is 6.15. The molecule has 21 heavy (non-hydrogen) atoms. The van der Waals surface area contributed by atoms with Gasteiger partial charge in [0.05, 0.1) is 0 Å². The van der Waals surface area contributed by atoms with Crippen molar-refractivity contribution in [1.82, 2.24) is 15.5 Å². The van der Waals surface area contributed by atoms with Crippen LogP contribution in [0.5, 0.6) is 5.75 Å². The molecule has 1 fully saturated rings. The molecule has 0 amide bonds. The lowest BCUT2D eigenvalue weighted by molar-refractivity contribution is 0.280. The topological polar surface area (TPSA) is 60.2 Å². The highest BCUT2D eigenvalue weighted by molar-refractivity contribution is 9.10. The fourth-order valence-electron chi connectivity index (χ4n) is 2.11. The summed E-state index contributed by atoms with van der Waals surface area (Å²) in [5.41, 5.74) is 1.10. The van der Waals surface area contributed by atoms with E-state index in [4.69, 9.17) is 9.26 Å². The summed E-state index contributed by atoms with van der Waals surface area (Å²) < 4.78 is 12.1. The lowest BCUT2D eigenvalue weighted by Crippen LogP contribution is -2.14. The van der Waals surface area contributed by atoms with Crippen molar-refractivity contribution in [1.29, 1.82) is 0 Å². The summed E-state index contributed by atoms with van der Waals surface area (Å²) in [4.78, 5) is 4.37. The Morgan fingerprint density at radius 1 is 1.48 bits per heavy atom. The average molecular weight is 352 g/mol. The van der Waals surface area contributed by atoms with Crippen LogP contribution in [0.1, 0.15) is 49.0 Å². The van der Waals surface area contributed by atoms with Crippen LogP contribution in [0.15, 0.2) is 27.2 Å². The van der Waals surface area contributed by atoms with Crippen molar-refractivity contribution in [2.45, 2.75) is 38.3 Å². The Labute approximate surface area is 132 Å². The molecule has 0 aliphatic heterocycles. The summed E-state index contributed by atoms with van der Waals surface area (Å²) in [5, 5.41) is 7.19. The lowest BCUT2D eigenvalue weighted by Gasteiger charge is -2.16. The number of aromatic nitrogens is 2. The van der Waals surface area contributed by atoms with Crippen LogP contribution in [0.4, 0.5) is 0 Å². The first-order valence-corrected chi connectivity index (χ1v) is 7.88. The van der Waals surface area contributed by atoms with E-state index in [1.807, 2.05) is 25.2 Å². The van der Waals surface area contributed by atoms with E-state index in [0.717, 1.165) is 34.5 Å². The molecule has 1 N–H and O–H groups in total. The van der Waals surface area contributed by atoms with E-state index in [1.165, 1.54) is 0 Å². The van der Waals surface area contributed by atoms with Crippen LogP contribution in [0, 0.1) is 0 Å². The van der Waals surface area contributed by atoms with Crippen molar-refractivity contribution in [2.75, 3.05) is 7.05 Å². The van der Waals surface area contributed by atoms with E-state index in [2.05, 4.69) is 38.3 Å². The molecular formula is C15H18BrN3O2. The molecule has 1 aliphatic carbocycles. The molecule has 0 radical (unpaired) electrons. The normalized spacial score (nSPS) is 16.0. The predicted molar refractivity (Wildman–Crippen MR) is 82.2 cm³/mol. The average Bonchev–Trinajstić information content (AvgIpc) is 3.23. The van der Waals surface area contributed by atoms with Crippen molar-refractivity contribution in [3.05, 3.63) is 40.0 Å². The molecular weight excluding hydrogens is 334 g/mol. The minimum Gasteiger partial charge on any atom is -0.485 e. The summed E-state index contributed by atoms with van der Waals surface area (Å²) in [6, 6.07) is 6.23. The van der Waals surface area contributed by atoms with Crippen LogP contribution in [-0.2, 0) is 6.61 Å². The van der Waals surface area contributed by atoms with Crippen LogP contribution in [0.3, 0.4) is 0 Å². The molecule has 0 spiro atoms. The zero-order valence-corrected chi connectivity index (χ0v) is 13.7. The molecule has 1 aliphatic rings. The Morgan fingerprint density at radius 3 is 3.00 bits per heavy atom. The van der Waals surface area contributed by atoms with Crippen LogP contribution < -0.4 is 10.1 Å². The van der Waals surface area contributed by atoms with Gasteiger partial charge in [0.1, 0.15) is 5.75 Å². The van der Waals surface area contributed by atoms with Crippen molar-refractivity contribution in [2.24, 2.45) is 0 Å². The standard InChI is InChI=1S/C15H18BrN3O2/c1-9(17-2)12-6-5-11(16)7-13(12)20-8-14-18-15(21-19-14)10-3-4-10/h5-7,9-10,17H,3-4,8H2,1-2H3. The molecule has 6 heteroatoms. The molecule has 0 bridgehead atoms. The van der Waals surface area contributed by atoms with Gasteiger partial charge in [-0.3, -0.25) is 0 Å². The summed E-state index contributed by atoms with van der Waals surface area (Å²) in [6.07, 6.45) is 2.30. The van der Waals surface area contributed by atoms with E-state index < -0.39 is 0 Å². The molecule has 1 heterocycles. The molecule has 1 atom stereocenters. The van der Waals surface area contributed by atoms with Crippen LogP contribution in [-0.4, -0.2) is 17.2 Å². The first-order chi connectivity index (χ1) is 10.2. The first kappa shape index (κ1) is 14.5. The van der Waals surface area contributed by atoms with Crippen LogP contribution in [0.25, 0.3) is 0 Å². The summed E-state index contributed by atoms with van der Waals surface area (Å²) >= 11 is 3.47. The second-order valence-corrected chi connectivity index (χ2v) is 6.22. The molecule has 2 aromatic rings. The summed E-state index contributed by atoms with van der Waals surface area (Å²) in [7, 11) is 1.93. The van der Waals surface area contributed by atoms with Crippen molar-refractivity contribution in [3.8, 4) is 5.75 Å². The van der Waals surface area contributed by atoms with E-state index in [0.29, 0.717) is 18.3 Å². The van der Waals surface area contributed by atoms with Gasteiger partial charge in [-0.2, -0.15) is 4.98 Å². The quantitative estimate of drug-likeness (QED) is 0.861. The maximum atomic E-state index is 5.89. The number of nitrogens with one attached hydrogen (secondary N) is 1. The highest BCUT2D eigenvalue weighted by Gasteiger charge is 2.29. The van der Waals surface area contributed by atoms with Gasteiger partial charge in [0.15, 0.2) is 6.61 Å². The maximum Gasteiger partial charge on any atom is 0.229 e. The van der Waals surface area contributed by atoms with Crippen molar-refractivity contribution in [3.63, 3.8) is 0 Å². The van der Waals surface area contributed by atoms with Crippen molar-refractivity contribution >= 4 is 15.9 Å². The van der Waals surface area contributed by atoms with E-state index >= 15 is 0 Å². The first-order valence-electron chi connectivity index (χ1n) is 7.09. The molecule has 1 unspecified atom stereocenters. The van der Waals surface area contributed by atoms with Gasteiger partial charge in [0, 0.05) is 22.0 Å². The summed E-state index contributed by atoms with van der Waals surface area (Å²) in [6.45, 7) is 2.41. The number of hydrogen-bond donors (Lipinski definition) is 1. The number of nitrogens with zero attached hydrogens (tertiary/aromatic N) is 2. The molecule has 5 nitrogen and oxygen atoms in total. The molecule has 1 aromatic heterocycles. The fourth-order valence-corrected chi connectivity index (χ4v) is 2.45. The Bertz CT molecular complexity index is 625. The van der Waals surface area contributed by atoms with E-state index in [-0.39, 0.29) is 6.04 Å². The largest absolute Gasteiger partial charge is 0.485 e. The Hall–Kier alpha value is -1.40. The minimum absolute atomic E-state index is 0.209. The highest BCUT2D eigenvalue weighted by Crippen LogP contribution is 2.38. The fraction of sp³-hybridized carbons (Fsp3) is 0.467. The SMILES string of the molecule is CNC(C)c1ccc(Br)cc1OCc1noc(C2CC2)n1. The zero-order valence-electron chi connectivity index (χ0n) is 12.1. The lowest BCUT2D eigenvalue weighted by atomic mass is 10.1. The number of ether oxygens (including phenoxy) is 1. The van der Waals surface area contributed by atoms with E-state index in [1.54, 1.807) is 0 Å². The van der Waals surface area contributed by atoms with Crippen LogP contribution in [0.2, 0.25) is 0 Å². The third kappa shape index (κ3) is 3.44. The third-order valence-electron chi connectivity index (χ3n) is 3.64. The molecule has 0 saturated heterocycles. The molecule has 112 valence electrons. The zero-order chi connectivity index (χ0) is 14.8. The monoisotopic (exact) mass is 351 g/mol. The van der Waals surface area contributed by atoms with Gasteiger partial charge in [-0.1, -0.05) is 27.2 Å². The number of rotatable bonds is 6. The van der Waals surface area contributed by atoms with Gasteiger partial charge in [-0.05, 0) is 38.9 Å². The molecule has 1 saturated carbocycles. The highest BCUT2D eigenvalue weighted by atomic mass is 79.9. The Balaban J connectivity index is 1.72. The third-order valence-corrected chi connectivity index (χ3v) is 4.14. The Morgan fingerprint density at radius 2 is 2.29 bits per heavy atom. The van der Waals surface area contributed by atoms with Gasteiger partial charge >= 0.3 is 0 Å². The Kier molecular flexibility index (Phi) is 4.26. The summed E-state index contributed by atoms with van der Waals surface area (Å²) in [5.74, 6) is 2.63.